The second-order valence-corrected chi connectivity index (χ2v) is 3.54. The summed E-state index contributed by atoms with van der Waals surface area (Å²) in [5.41, 5.74) is 1.26. The lowest BCUT2D eigenvalue weighted by atomic mass is 10.1. The number of benzene rings is 1. The van der Waals surface area contributed by atoms with E-state index in [9.17, 15) is 0 Å². The summed E-state index contributed by atoms with van der Waals surface area (Å²) in [6, 6.07) is 8.38. The minimum atomic E-state index is 0.349. The second kappa shape index (κ2) is 6.43. The first kappa shape index (κ1) is 12.0. The molecule has 0 aliphatic heterocycles. The highest BCUT2D eigenvalue weighted by Gasteiger charge is 2.02. The predicted octanol–water partition coefficient (Wildman–Crippen LogP) is 1.75. The molecule has 1 radical (unpaired) electrons. The van der Waals surface area contributed by atoms with E-state index >= 15 is 0 Å². The molecule has 0 aliphatic carbocycles. The van der Waals surface area contributed by atoms with Crippen molar-refractivity contribution < 1.29 is 9.84 Å². The van der Waals surface area contributed by atoms with Crippen molar-refractivity contribution in [2.24, 2.45) is 0 Å². The van der Waals surface area contributed by atoms with Gasteiger partial charge in [-0.3, -0.25) is 0 Å². The molecule has 2 N–H and O–H groups in total. The van der Waals surface area contributed by atoms with Gasteiger partial charge in [0.2, 0.25) is 0 Å². The molecule has 0 fully saturated rings. The number of rotatable bonds is 6. The van der Waals surface area contributed by atoms with Crippen molar-refractivity contribution in [2.45, 2.75) is 19.4 Å². The Morgan fingerprint density at radius 2 is 2.07 bits per heavy atom. The van der Waals surface area contributed by atoms with Crippen LogP contribution in [-0.2, 0) is 6.42 Å². The first-order valence-electron chi connectivity index (χ1n) is 5.08. The molecule has 3 heteroatoms. The minimum absolute atomic E-state index is 0.349. The number of aliphatic hydroxyl groups is 1. The van der Waals surface area contributed by atoms with E-state index < -0.39 is 0 Å². The van der Waals surface area contributed by atoms with Crippen molar-refractivity contribution in [1.82, 2.24) is 5.32 Å². The maximum atomic E-state index is 8.55. The first-order valence-corrected chi connectivity index (χ1v) is 5.08. The molecule has 0 amide bonds. The zero-order valence-electron chi connectivity index (χ0n) is 9.23. The molecule has 1 aromatic carbocycles. The number of hydrogen-bond donors (Lipinski definition) is 2. The molecular weight excluding hydrogens is 190 g/mol. The zero-order chi connectivity index (χ0) is 11.1. The third kappa shape index (κ3) is 4.32. The quantitative estimate of drug-likeness (QED) is 0.748. The van der Waals surface area contributed by atoms with E-state index in [1.807, 2.05) is 12.1 Å². The molecule has 0 saturated heterocycles. The smallest absolute Gasteiger partial charge is 0.118 e. The van der Waals surface area contributed by atoms with Crippen molar-refractivity contribution in [2.75, 3.05) is 13.7 Å². The van der Waals surface area contributed by atoms with Crippen molar-refractivity contribution in [3.63, 3.8) is 0 Å². The predicted molar refractivity (Wildman–Crippen MR) is 60.4 cm³/mol. The highest BCUT2D eigenvalue weighted by molar-refractivity contribution is 5.27. The van der Waals surface area contributed by atoms with E-state index in [2.05, 4.69) is 24.4 Å². The summed E-state index contributed by atoms with van der Waals surface area (Å²) in [6.07, 6.45) is 0.942. The molecule has 0 spiro atoms. The van der Waals surface area contributed by atoms with Gasteiger partial charge in [-0.05, 0) is 31.0 Å². The molecule has 1 atom stereocenters. The molecule has 0 aromatic heterocycles. The fraction of sp³-hybridized carbons (Fsp3) is 0.417. The maximum absolute atomic E-state index is 8.55. The van der Waals surface area contributed by atoms with Gasteiger partial charge in [0.15, 0.2) is 0 Å². The summed E-state index contributed by atoms with van der Waals surface area (Å²) in [4.78, 5) is 0. The van der Waals surface area contributed by atoms with Gasteiger partial charge in [-0.2, -0.15) is 0 Å². The molecule has 15 heavy (non-hydrogen) atoms. The minimum Gasteiger partial charge on any atom is -0.497 e. The molecule has 0 aliphatic rings. The first-order chi connectivity index (χ1) is 7.26. The van der Waals surface area contributed by atoms with Crippen molar-refractivity contribution in [3.8, 4) is 5.75 Å². The zero-order valence-corrected chi connectivity index (χ0v) is 9.23. The Bertz CT molecular complexity index is 271. The van der Waals surface area contributed by atoms with E-state index in [-0.39, 0.29) is 0 Å². The number of hydrogen-bond acceptors (Lipinski definition) is 3. The average Bonchev–Trinajstić information content (AvgIpc) is 2.27. The molecular formula is C12H18NO2. The van der Waals surface area contributed by atoms with E-state index in [0.29, 0.717) is 12.6 Å². The lowest BCUT2D eigenvalue weighted by Crippen LogP contribution is -2.29. The van der Waals surface area contributed by atoms with Gasteiger partial charge in [0, 0.05) is 12.6 Å². The molecule has 3 nitrogen and oxygen atoms in total. The van der Waals surface area contributed by atoms with E-state index in [4.69, 9.17) is 9.84 Å². The van der Waals surface area contributed by atoms with Gasteiger partial charge < -0.3 is 15.2 Å². The summed E-state index contributed by atoms with van der Waals surface area (Å²) in [6.45, 7) is 3.75. The Balaban J connectivity index is 2.42. The maximum Gasteiger partial charge on any atom is 0.118 e. The van der Waals surface area contributed by atoms with Crippen LogP contribution in [0, 0.1) is 6.61 Å². The van der Waals surface area contributed by atoms with Gasteiger partial charge in [0.05, 0.1) is 13.7 Å². The summed E-state index contributed by atoms with van der Waals surface area (Å²) >= 11 is 0. The monoisotopic (exact) mass is 208 g/mol. The lowest BCUT2D eigenvalue weighted by Gasteiger charge is -2.12. The van der Waals surface area contributed by atoms with Crippen LogP contribution >= 0.6 is 0 Å². The van der Waals surface area contributed by atoms with Gasteiger partial charge >= 0.3 is 0 Å². The number of ether oxygens (including phenoxy) is 1. The third-order valence-electron chi connectivity index (χ3n) is 2.26. The standard InChI is InChI=1S/C12H18NO2/c1-10(13-7-8-14)9-11-3-5-12(15-2)6-4-11/h3-6,8,10,13-14H,7,9H2,1-2H3. The van der Waals surface area contributed by atoms with E-state index in [1.165, 1.54) is 5.56 Å². The normalized spacial score (nSPS) is 12.5. The Morgan fingerprint density at radius 1 is 1.40 bits per heavy atom. The fourth-order valence-electron chi connectivity index (χ4n) is 1.44. The Labute approximate surface area is 91.1 Å². The lowest BCUT2D eigenvalue weighted by molar-refractivity contribution is 0.366. The van der Waals surface area contributed by atoms with Gasteiger partial charge in [0.1, 0.15) is 5.75 Å². The summed E-state index contributed by atoms with van der Waals surface area (Å²) in [5, 5.41) is 11.7. The van der Waals surface area contributed by atoms with Gasteiger partial charge in [-0.25, -0.2) is 0 Å². The topological polar surface area (TPSA) is 41.5 Å². The van der Waals surface area contributed by atoms with E-state index in [1.54, 1.807) is 7.11 Å². The summed E-state index contributed by atoms with van der Waals surface area (Å²) in [7, 11) is 1.66. The molecule has 1 rings (SSSR count). The van der Waals surface area contributed by atoms with E-state index in [0.717, 1.165) is 18.8 Å². The van der Waals surface area contributed by atoms with Crippen LogP contribution < -0.4 is 10.1 Å². The van der Waals surface area contributed by atoms with Crippen LogP contribution in [0.2, 0.25) is 0 Å². The van der Waals surface area contributed by atoms with Gasteiger partial charge in [-0.15, -0.1) is 0 Å². The molecule has 0 bridgehead atoms. The van der Waals surface area contributed by atoms with Gasteiger partial charge in [0.25, 0.3) is 0 Å². The largest absolute Gasteiger partial charge is 0.497 e. The third-order valence-corrected chi connectivity index (χ3v) is 2.26. The van der Waals surface area contributed by atoms with Crippen LogP contribution in [0.25, 0.3) is 0 Å². The summed E-state index contributed by atoms with van der Waals surface area (Å²) in [5.74, 6) is 0.878. The highest BCUT2D eigenvalue weighted by atomic mass is 16.5. The highest BCUT2D eigenvalue weighted by Crippen LogP contribution is 2.12. The summed E-state index contributed by atoms with van der Waals surface area (Å²) < 4.78 is 5.09. The van der Waals surface area contributed by atoms with Crippen molar-refractivity contribution in [3.05, 3.63) is 36.4 Å². The number of methoxy groups -OCH3 is 1. The van der Waals surface area contributed by atoms with Crippen molar-refractivity contribution in [1.29, 1.82) is 0 Å². The molecule has 1 aromatic rings. The SMILES string of the molecule is COc1ccc(CC(C)NC[CH]O)cc1. The van der Waals surface area contributed by atoms with Gasteiger partial charge in [-0.1, -0.05) is 12.1 Å². The Hall–Kier alpha value is -1.06. The van der Waals surface area contributed by atoms with Crippen LogP contribution in [0.1, 0.15) is 12.5 Å². The Morgan fingerprint density at radius 3 is 2.60 bits per heavy atom. The van der Waals surface area contributed by atoms with Crippen LogP contribution in [0.3, 0.4) is 0 Å². The van der Waals surface area contributed by atoms with Crippen LogP contribution in [0.4, 0.5) is 0 Å². The van der Waals surface area contributed by atoms with Crippen LogP contribution in [-0.4, -0.2) is 24.8 Å². The van der Waals surface area contributed by atoms with Crippen LogP contribution in [0.15, 0.2) is 24.3 Å². The molecule has 1 unspecified atom stereocenters. The van der Waals surface area contributed by atoms with Crippen molar-refractivity contribution >= 4 is 0 Å². The fourth-order valence-corrected chi connectivity index (χ4v) is 1.44. The average molecular weight is 208 g/mol. The second-order valence-electron chi connectivity index (χ2n) is 3.54. The molecule has 83 valence electrons. The Kier molecular flexibility index (Phi) is 5.15. The molecule has 0 heterocycles. The van der Waals surface area contributed by atoms with Crippen LogP contribution in [0.5, 0.6) is 5.75 Å². The number of aliphatic hydroxyl groups excluding tert-OH is 1. The molecule has 0 saturated carbocycles. The number of nitrogens with one attached hydrogen (secondary N) is 1.